The molecule has 1 aromatic heterocycles. The van der Waals surface area contributed by atoms with E-state index in [1.807, 2.05) is 29.7 Å². The SMILES string of the molecule is COCCC(=O)N1Cc2ccnn2[C@H](CN(C)C)C1. The first kappa shape index (κ1) is 14.0. The highest BCUT2D eigenvalue weighted by molar-refractivity contribution is 5.76. The molecule has 0 fully saturated rings. The first-order chi connectivity index (χ1) is 9.11. The molecule has 2 rings (SSSR count). The number of hydrogen-bond donors (Lipinski definition) is 0. The van der Waals surface area contributed by atoms with E-state index in [-0.39, 0.29) is 11.9 Å². The van der Waals surface area contributed by atoms with Crippen molar-refractivity contribution in [3.63, 3.8) is 0 Å². The zero-order valence-electron chi connectivity index (χ0n) is 11.9. The summed E-state index contributed by atoms with van der Waals surface area (Å²) in [7, 11) is 5.69. The molecule has 1 aliphatic rings. The molecule has 0 aromatic carbocycles. The number of aromatic nitrogens is 2. The van der Waals surface area contributed by atoms with Crippen LogP contribution in [0.5, 0.6) is 0 Å². The van der Waals surface area contributed by atoms with Crippen molar-refractivity contribution >= 4 is 5.91 Å². The molecule has 1 amide bonds. The lowest BCUT2D eigenvalue weighted by Gasteiger charge is -2.35. The average Bonchev–Trinajstić information content (AvgIpc) is 2.83. The summed E-state index contributed by atoms with van der Waals surface area (Å²) in [6.45, 7) is 2.72. The minimum atomic E-state index is 0.151. The number of nitrogens with zero attached hydrogens (tertiary/aromatic N) is 4. The van der Waals surface area contributed by atoms with Gasteiger partial charge >= 0.3 is 0 Å². The molecule has 1 aromatic rings. The van der Waals surface area contributed by atoms with E-state index in [0.29, 0.717) is 19.6 Å². The number of ether oxygens (including phenoxy) is 1. The van der Waals surface area contributed by atoms with Crippen molar-refractivity contribution in [1.82, 2.24) is 19.6 Å². The zero-order chi connectivity index (χ0) is 13.8. The van der Waals surface area contributed by atoms with Crippen LogP contribution in [0.15, 0.2) is 12.3 Å². The second-order valence-electron chi connectivity index (χ2n) is 5.20. The molecule has 0 unspecified atom stereocenters. The normalized spacial score (nSPS) is 18.7. The van der Waals surface area contributed by atoms with Crippen LogP contribution in [0.2, 0.25) is 0 Å². The predicted octanol–water partition coefficient (Wildman–Crippen LogP) is 0.365. The maximum Gasteiger partial charge on any atom is 0.225 e. The largest absolute Gasteiger partial charge is 0.384 e. The fourth-order valence-corrected chi connectivity index (χ4v) is 2.48. The van der Waals surface area contributed by atoms with E-state index in [9.17, 15) is 4.79 Å². The Morgan fingerprint density at radius 2 is 2.37 bits per heavy atom. The smallest absolute Gasteiger partial charge is 0.225 e. The molecule has 2 heterocycles. The maximum absolute atomic E-state index is 12.1. The van der Waals surface area contributed by atoms with Crippen LogP contribution in [-0.2, 0) is 16.1 Å². The summed E-state index contributed by atoms with van der Waals surface area (Å²) >= 11 is 0. The molecule has 1 aliphatic heterocycles. The van der Waals surface area contributed by atoms with Gasteiger partial charge in [0.15, 0.2) is 0 Å². The molecule has 19 heavy (non-hydrogen) atoms. The Balaban J connectivity index is 2.08. The molecule has 1 atom stereocenters. The lowest BCUT2D eigenvalue weighted by atomic mass is 10.1. The molecule has 0 spiro atoms. The summed E-state index contributed by atoms with van der Waals surface area (Å²) < 4.78 is 7.02. The molecule has 0 saturated carbocycles. The van der Waals surface area contributed by atoms with Gasteiger partial charge in [0.2, 0.25) is 5.91 Å². The van der Waals surface area contributed by atoms with Crippen LogP contribution >= 0.6 is 0 Å². The second-order valence-corrected chi connectivity index (χ2v) is 5.20. The van der Waals surface area contributed by atoms with Crippen LogP contribution < -0.4 is 0 Å². The lowest BCUT2D eigenvalue weighted by Crippen LogP contribution is -2.44. The third-order valence-electron chi connectivity index (χ3n) is 3.33. The van der Waals surface area contributed by atoms with Gasteiger partial charge in [-0.05, 0) is 20.2 Å². The Morgan fingerprint density at radius 1 is 1.58 bits per heavy atom. The van der Waals surface area contributed by atoms with Gasteiger partial charge in [-0.1, -0.05) is 0 Å². The van der Waals surface area contributed by atoms with E-state index < -0.39 is 0 Å². The van der Waals surface area contributed by atoms with Gasteiger partial charge < -0.3 is 14.5 Å². The number of carbonyl (C=O) groups is 1. The van der Waals surface area contributed by atoms with E-state index >= 15 is 0 Å². The summed E-state index contributed by atoms with van der Waals surface area (Å²) in [5.74, 6) is 0.151. The number of methoxy groups -OCH3 is 1. The Hall–Kier alpha value is -1.40. The standard InChI is InChI=1S/C13H22N4O2/c1-15(2)8-12-10-16(13(18)5-7-19-3)9-11-4-6-14-17(11)12/h4,6,12H,5,7-10H2,1-3H3/t12-/m1/s1. The number of amides is 1. The van der Waals surface area contributed by atoms with E-state index in [4.69, 9.17) is 4.74 Å². The molecular weight excluding hydrogens is 244 g/mol. The van der Waals surface area contributed by atoms with Gasteiger partial charge in [-0.3, -0.25) is 9.48 Å². The van der Waals surface area contributed by atoms with Gasteiger partial charge in [-0.25, -0.2) is 0 Å². The minimum Gasteiger partial charge on any atom is -0.384 e. The third kappa shape index (κ3) is 3.33. The highest BCUT2D eigenvalue weighted by Gasteiger charge is 2.28. The fourth-order valence-electron chi connectivity index (χ4n) is 2.48. The molecule has 6 heteroatoms. The van der Waals surface area contributed by atoms with Crippen molar-refractivity contribution in [1.29, 1.82) is 0 Å². The van der Waals surface area contributed by atoms with Crippen molar-refractivity contribution in [2.24, 2.45) is 0 Å². The molecule has 6 nitrogen and oxygen atoms in total. The van der Waals surface area contributed by atoms with E-state index in [0.717, 1.165) is 18.8 Å². The van der Waals surface area contributed by atoms with Gasteiger partial charge in [0.1, 0.15) is 0 Å². The first-order valence-electron chi connectivity index (χ1n) is 6.55. The molecule has 106 valence electrons. The quantitative estimate of drug-likeness (QED) is 0.772. The molecule has 0 N–H and O–H groups in total. The zero-order valence-corrected chi connectivity index (χ0v) is 11.9. The van der Waals surface area contributed by atoms with Crippen molar-refractivity contribution in [3.05, 3.63) is 18.0 Å². The number of hydrogen-bond acceptors (Lipinski definition) is 4. The van der Waals surface area contributed by atoms with Gasteiger partial charge in [0.05, 0.1) is 31.3 Å². The fraction of sp³-hybridized carbons (Fsp3) is 0.692. The lowest BCUT2D eigenvalue weighted by molar-refractivity contribution is -0.134. The van der Waals surface area contributed by atoms with Gasteiger partial charge in [-0.15, -0.1) is 0 Å². The predicted molar refractivity (Wildman–Crippen MR) is 71.7 cm³/mol. The summed E-state index contributed by atoms with van der Waals surface area (Å²) in [6, 6.07) is 2.21. The third-order valence-corrected chi connectivity index (χ3v) is 3.33. The summed E-state index contributed by atoms with van der Waals surface area (Å²) in [4.78, 5) is 16.2. The van der Waals surface area contributed by atoms with E-state index in [2.05, 4.69) is 10.00 Å². The number of fused-ring (bicyclic) bond motifs is 1. The average molecular weight is 266 g/mol. The Labute approximate surface area is 113 Å². The summed E-state index contributed by atoms with van der Waals surface area (Å²) in [5, 5.41) is 4.37. The van der Waals surface area contributed by atoms with Crippen LogP contribution in [0, 0.1) is 0 Å². The minimum absolute atomic E-state index is 0.151. The summed E-state index contributed by atoms with van der Waals surface area (Å²) in [5.41, 5.74) is 1.10. The van der Waals surface area contributed by atoms with Crippen molar-refractivity contribution < 1.29 is 9.53 Å². The highest BCUT2D eigenvalue weighted by Crippen LogP contribution is 2.21. The van der Waals surface area contributed by atoms with E-state index in [1.54, 1.807) is 13.3 Å². The second kappa shape index (κ2) is 6.16. The molecular formula is C13H22N4O2. The van der Waals surface area contributed by atoms with Crippen LogP contribution in [-0.4, -0.2) is 66.4 Å². The topological polar surface area (TPSA) is 50.6 Å². The van der Waals surface area contributed by atoms with Crippen LogP contribution in [0.25, 0.3) is 0 Å². The number of likely N-dealkylation sites (N-methyl/N-ethyl adjacent to an activating group) is 1. The molecule has 0 saturated heterocycles. The van der Waals surface area contributed by atoms with Crippen molar-refractivity contribution in [3.8, 4) is 0 Å². The van der Waals surface area contributed by atoms with Crippen LogP contribution in [0.1, 0.15) is 18.2 Å². The maximum atomic E-state index is 12.1. The molecule has 0 bridgehead atoms. The Kier molecular flexibility index (Phi) is 4.55. The van der Waals surface area contributed by atoms with Gasteiger partial charge in [0.25, 0.3) is 0 Å². The number of carbonyl (C=O) groups excluding carboxylic acids is 1. The molecule has 0 radical (unpaired) electrons. The monoisotopic (exact) mass is 266 g/mol. The van der Waals surface area contributed by atoms with Crippen LogP contribution in [0.3, 0.4) is 0 Å². The van der Waals surface area contributed by atoms with Gasteiger partial charge in [0, 0.05) is 26.4 Å². The Bertz CT molecular complexity index is 430. The van der Waals surface area contributed by atoms with E-state index in [1.165, 1.54) is 0 Å². The first-order valence-corrected chi connectivity index (χ1v) is 6.55. The number of rotatable bonds is 5. The van der Waals surface area contributed by atoms with Crippen molar-refractivity contribution in [2.45, 2.75) is 19.0 Å². The Morgan fingerprint density at radius 3 is 3.05 bits per heavy atom. The van der Waals surface area contributed by atoms with Gasteiger partial charge in [-0.2, -0.15) is 5.10 Å². The van der Waals surface area contributed by atoms with Crippen molar-refractivity contribution in [2.75, 3.05) is 40.9 Å². The summed E-state index contributed by atoms with van der Waals surface area (Å²) in [6.07, 6.45) is 2.25. The highest BCUT2D eigenvalue weighted by atomic mass is 16.5. The molecule has 0 aliphatic carbocycles. The van der Waals surface area contributed by atoms with Crippen LogP contribution in [0.4, 0.5) is 0 Å².